The minimum Gasteiger partial charge on any atom is -0.300 e. The molecule has 0 N–H and O–H groups in total. The van der Waals surface area contributed by atoms with Crippen LogP contribution >= 0.6 is 0 Å². The third-order valence-corrected chi connectivity index (χ3v) is 3.78. The van der Waals surface area contributed by atoms with Crippen LogP contribution in [0.4, 0.5) is 0 Å². The molecule has 0 bridgehead atoms. The number of rotatable bonds is 1. The topological polar surface area (TPSA) is 3.24 Å². The van der Waals surface area contributed by atoms with Gasteiger partial charge in [0.2, 0.25) is 0 Å². The summed E-state index contributed by atoms with van der Waals surface area (Å²) in [5.41, 5.74) is 0. The molecule has 70 valence electrons. The van der Waals surface area contributed by atoms with Gasteiger partial charge in [0.25, 0.3) is 0 Å². The van der Waals surface area contributed by atoms with Crippen molar-refractivity contribution < 1.29 is 0 Å². The summed E-state index contributed by atoms with van der Waals surface area (Å²) in [5.74, 6) is 1.88. The van der Waals surface area contributed by atoms with Gasteiger partial charge in [-0.25, -0.2) is 0 Å². The molecule has 2 aliphatic heterocycles. The van der Waals surface area contributed by atoms with Gasteiger partial charge in [-0.2, -0.15) is 0 Å². The number of nitrogens with zero attached hydrogens (tertiary/aromatic N) is 1. The normalized spacial score (nSPS) is 37.2. The lowest BCUT2D eigenvalue weighted by molar-refractivity contribution is 0.122. The maximum absolute atomic E-state index is 2.73. The van der Waals surface area contributed by atoms with E-state index < -0.39 is 0 Å². The molecular weight excluding hydrogens is 146 g/mol. The van der Waals surface area contributed by atoms with Crippen LogP contribution in [0.2, 0.25) is 0 Å². The highest BCUT2D eigenvalue weighted by Crippen LogP contribution is 2.32. The van der Waals surface area contributed by atoms with E-state index in [2.05, 4.69) is 18.7 Å². The number of piperidine rings is 1. The second kappa shape index (κ2) is 3.37. The van der Waals surface area contributed by atoms with Crippen LogP contribution in [0.3, 0.4) is 0 Å². The molecule has 1 heteroatoms. The maximum atomic E-state index is 2.73. The summed E-state index contributed by atoms with van der Waals surface area (Å²) in [5, 5.41) is 0. The van der Waals surface area contributed by atoms with Gasteiger partial charge < -0.3 is 4.90 Å². The lowest BCUT2D eigenvalue weighted by Gasteiger charge is -2.36. The Morgan fingerprint density at radius 3 is 2.75 bits per heavy atom. The van der Waals surface area contributed by atoms with Gasteiger partial charge >= 0.3 is 0 Å². The van der Waals surface area contributed by atoms with Gasteiger partial charge in [0.15, 0.2) is 0 Å². The highest BCUT2D eigenvalue weighted by Gasteiger charge is 2.32. The van der Waals surface area contributed by atoms with E-state index in [1.54, 1.807) is 0 Å². The average Bonchev–Trinajstić information content (AvgIpc) is 2.49. The molecule has 0 radical (unpaired) electrons. The smallest absolute Gasteiger partial charge is 0.00959 e. The zero-order chi connectivity index (χ0) is 8.55. The lowest BCUT2D eigenvalue weighted by Crippen LogP contribution is -2.40. The molecule has 0 aromatic rings. The highest BCUT2D eigenvalue weighted by molar-refractivity contribution is 4.86. The minimum atomic E-state index is 0.895. The first-order valence-corrected chi connectivity index (χ1v) is 5.51. The Morgan fingerprint density at radius 2 is 2.00 bits per heavy atom. The Kier molecular flexibility index (Phi) is 2.40. The van der Waals surface area contributed by atoms with Crippen LogP contribution in [0.15, 0.2) is 0 Å². The second-order valence-corrected chi connectivity index (χ2v) is 4.87. The summed E-state index contributed by atoms with van der Waals surface area (Å²) in [6.07, 6.45) is 5.89. The van der Waals surface area contributed by atoms with Crippen molar-refractivity contribution in [2.24, 2.45) is 11.8 Å². The zero-order valence-electron chi connectivity index (χ0n) is 8.42. The molecular formula is C11H21N. The van der Waals surface area contributed by atoms with E-state index in [0.717, 1.165) is 17.9 Å². The SMILES string of the molecule is CC(C)C1CCC2CCCN2C1. The van der Waals surface area contributed by atoms with E-state index in [0.29, 0.717) is 0 Å². The molecule has 2 saturated heterocycles. The molecule has 0 saturated carbocycles. The summed E-state index contributed by atoms with van der Waals surface area (Å²) in [6, 6.07) is 0.972. The van der Waals surface area contributed by atoms with E-state index in [-0.39, 0.29) is 0 Å². The first kappa shape index (κ1) is 8.55. The van der Waals surface area contributed by atoms with E-state index in [1.165, 1.54) is 38.8 Å². The lowest BCUT2D eigenvalue weighted by atomic mass is 9.85. The Hall–Kier alpha value is -0.0400. The molecule has 1 nitrogen and oxygen atoms in total. The van der Waals surface area contributed by atoms with Crippen molar-refractivity contribution in [1.29, 1.82) is 0 Å². The molecule has 2 heterocycles. The number of fused-ring (bicyclic) bond motifs is 1. The molecule has 0 aromatic carbocycles. The average molecular weight is 167 g/mol. The van der Waals surface area contributed by atoms with Crippen LogP contribution in [-0.4, -0.2) is 24.0 Å². The molecule has 12 heavy (non-hydrogen) atoms. The van der Waals surface area contributed by atoms with Crippen molar-refractivity contribution in [3.63, 3.8) is 0 Å². The number of hydrogen-bond acceptors (Lipinski definition) is 1. The van der Waals surface area contributed by atoms with Gasteiger partial charge in [0.05, 0.1) is 0 Å². The van der Waals surface area contributed by atoms with Crippen molar-refractivity contribution >= 4 is 0 Å². The number of hydrogen-bond donors (Lipinski definition) is 0. The van der Waals surface area contributed by atoms with Crippen LogP contribution in [-0.2, 0) is 0 Å². The second-order valence-electron chi connectivity index (χ2n) is 4.87. The summed E-state index contributed by atoms with van der Waals surface area (Å²) in [6.45, 7) is 7.53. The fraction of sp³-hybridized carbons (Fsp3) is 1.00. The standard InChI is InChI=1S/C11H21N/c1-9(2)10-5-6-11-4-3-7-12(11)8-10/h9-11H,3-8H2,1-2H3. The van der Waals surface area contributed by atoms with Gasteiger partial charge in [-0.05, 0) is 44.1 Å². The van der Waals surface area contributed by atoms with Gasteiger partial charge in [0.1, 0.15) is 0 Å². The molecule has 2 atom stereocenters. The van der Waals surface area contributed by atoms with E-state index in [1.807, 2.05) is 0 Å². The fourth-order valence-electron chi connectivity index (χ4n) is 2.81. The minimum absolute atomic E-state index is 0.895. The van der Waals surface area contributed by atoms with Crippen molar-refractivity contribution in [2.45, 2.75) is 45.6 Å². The van der Waals surface area contributed by atoms with Gasteiger partial charge in [-0.3, -0.25) is 0 Å². The van der Waals surface area contributed by atoms with Crippen LogP contribution < -0.4 is 0 Å². The Bertz CT molecular complexity index is 153. The van der Waals surface area contributed by atoms with E-state index in [4.69, 9.17) is 0 Å². The van der Waals surface area contributed by atoms with Crippen LogP contribution in [0.25, 0.3) is 0 Å². The van der Waals surface area contributed by atoms with Crippen molar-refractivity contribution in [3.8, 4) is 0 Å². The molecule has 2 rings (SSSR count). The maximum Gasteiger partial charge on any atom is 0.00959 e. The predicted molar refractivity (Wildman–Crippen MR) is 52.2 cm³/mol. The van der Waals surface area contributed by atoms with E-state index in [9.17, 15) is 0 Å². The van der Waals surface area contributed by atoms with Crippen molar-refractivity contribution in [2.75, 3.05) is 13.1 Å². The zero-order valence-corrected chi connectivity index (χ0v) is 8.42. The summed E-state index contributed by atoms with van der Waals surface area (Å²) < 4.78 is 0. The molecule has 2 aliphatic rings. The summed E-state index contributed by atoms with van der Waals surface area (Å²) >= 11 is 0. The van der Waals surface area contributed by atoms with Gasteiger partial charge in [-0.1, -0.05) is 13.8 Å². The Morgan fingerprint density at radius 1 is 1.17 bits per heavy atom. The third kappa shape index (κ3) is 1.52. The van der Waals surface area contributed by atoms with Crippen molar-refractivity contribution in [3.05, 3.63) is 0 Å². The predicted octanol–water partition coefficient (Wildman–Crippen LogP) is 2.52. The largest absolute Gasteiger partial charge is 0.300 e. The van der Waals surface area contributed by atoms with E-state index >= 15 is 0 Å². The Balaban J connectivity index is 1.92. The highest BCUT2D eigenvalue weighted by atomic mass is 15.2. The van der Waals surface area contributed by atoms with Gasteiger partial charge in [0, 0.05) is 12.6 Å². The molecule has 2 fully saturated rings. The molecule has 2 unspecified atom stereocenters. The quantitative estimate of drug-likeness (QED) is 0.580. The Labute approximate surface area is 76.1 Å². The van der Waals surface area contributed by atoms with Crippen LogP contribution in [0.5, 0.6) is 0 Å². The third-order valence-electron chi connectivity index (χ3n) is 3.78. The van der Waals surface area contributed by atoms with Crippen LogP contribution in [0.1, 0.15) is 39.5 Å². The monoisotopic (exact) mass is 167 g/mol. The first-order chi connectivity index (χ1) is 5.77. The van der Waals surface area contributed by atoms with Crippen molar-refractivity contribution in [1.82, 2.24) is 4.90 Å². The molecule has 0 spiro atoms. The first-order valence-electron chi connectivity index (χ1n) is 5.51. The molecule has 0 amide bonds. The van der Waals surface area contributed by atoms with Crippen LogP contribution in [0, 0.1) is 11.8 Å². The summed E-state index contributed by atoms with van der Waals surface area (Å²) in [4.78, 5) is 2.73. The fourth-order valence-corrected chi connectivity index (χ4v) is 2.81. The van der Waals surface area contributed by atoms with Gasteiger partial charge in [-0.15, -0.1) is 0 Å². The molecule has 0 aromatic heterocycles. The summed E-state index contributed by atoms with van der Waals surface area (Å²) in [7, 11) is 0. The molecule has 0 aliphatic carbocycles.